The number of hydrogen-bond donors (Lipinski definition) is 1. The number of carboxylic acids is 1. The van der Waals surface area contributed by atoms with Crippen LogP contribution in [0.5, 0.6) is 0 Å². The maximum Gasteiger partial charge on any atom is 0.343 e. The van der Waals surface area contributed by atoms with Crippen molar-refractivity contribution in [2.45, 2.75) is 19.4 Å². The van der Waals surface area contributed by atoms with Crippen molar-refractivity contribution in [2.75, 3.05) is 7.11 Å². The van der Waals surface area contributed by atoms with Crippen LogP contribution in [0.15, 0.2) is 10.8 Å². The molecule has 0 aromatic carbocycles. The summed E-state index contributed by atoms with van der Waals surface area (Å²) < 4.78 is 9.86. The maximum atomic E-state index is 10.9. The zero-order valence-corrected chi connectivity index (χ0v) is 7.70. The van der Waals surface area contributed by atoms with Crippen LogP contribution in [0.3, 0.4) is 0 Å². The lowest BCUT2D eigenvalue weighted by molar-refractivity contribution is -0.163. The Morgan fingerprint density at radius 1 is 1.77 bits per heavy atom. The minimum atomic E-state index is -1.46. The average Bonchev–Trinajstić information content (AvgIpc) is 2.50. The zero-order chi connectivity index (χ0) is 10.1. The molecule has 1 N–H and O–H groups in total. The van der Waals surface area contributed by atoms with Gasteiger partial charge in [-0.15, -0.1) is 0 Å². The Kier molecular flexibility index (Phi) is 2.38. The second-order valence-corrected chi connectivity index (χ2v) is 2.81. The fraction of sp³-hybridized carbons (Fsp3) is 0.500. The Labute approximate surface area is 75.3 Å². The number of oxazole rings is 1. The molecule has 72 valence electrons. The Morgan fingerprint density at radius 2 is 2.38 bits per heavy atom. The fourth-order valence-corrected chi connectivity index (χ4v) is 1.04. The molecule has 0 bridgehead atoms. The van der Waals surface area contributed by atoms with Crippen molar-refractivity contribution in [1.82, 2.24) is 4.98 Å². The third-order valence-electron chi connectivity index (χ3n) is 2.00. The van der Waals surface area contributed by atoms with Gasteiger partial charge < -0.3 is 14.3 Å². The molecule has 1 aromatic heterocycles. The lowest BCUT2D eigenvalue weighted by Gasteiger charge is -2.20. The minimum Gasteiger partial charge on any atom is -0.479 e. The van der Waals surface area contributed by atoms with Crippen molar-refractivity contribution in [3.8, 4) is 0 Å². The van der Waals surface area contributed by atoms with E-state index in [9.17, 15) is 4.79 Å². The molecule has 0 saturated carbocycles. The number of aryl methyl sites for hydroxylation is 1. The number of rotatable bonds is 3. The number of aliphatic carboxylic acids is 1. The highest BCUT2D eigenvalue weighted by molar-refractivity contribution is 5.78. The molecule has 0 amide bonds. The first-order valence-corrected chi connectivity index (χ1v) is 3.71. The Hall–Kier alpha value is -1.36. The van der Waals surface area contributed by atoms with Crippen LogP contribution in [0.1, 0.15) is 18.4 Å². The van der Waals surface area contributed by atoms with E-state index < -0.39 is 11.6 Å². The summed E-state index contributed by atoms with van der Waals surface area (Å²) in [6.45, 7) is 3.09. The largest absolute Gasteiger partial charge is 0.479 e. The summed E-state index contributed by atoms with van der Waals surface area (Å²) in [5.74, 6) is -0.877. The minimum absolute atomic E-state index is 0.225. The molecule has 0 spiro atoms. The zero-order valence-electron chi connectivity index (χ0n) is 7.70. The second-order valence-electron chi connectivity index (χ2n) is 2.81. The average molecular weight is 185 g/mol. The van der Waals surface area contributed by atoms with Gasteiger partial charge in [0.15, 0.2) is 12.2 Å². The van der Waals surface area contributed by atoms with Gasteiger partial charge in [-0.1, -0.05) is 0 Å². The molecule has 0 radical (unpaired) electrons. The molecular formula is C8H11NO4. The smallest absolute Gasteiger partial charge is 0.343 e. The number of ether oxygens (including phenoxy) is 1. The molecule has 1 atom stereocenters. The van der Waals surface area contributed by atoms with Gasteiger partial charge in [-0.05, 0) is 13.8 Å². The molecule has 0 saturated heterocycles. The van der Waals surface area contributed by atoms with E-state index in [1.165, 1.54) is 20.4 Å². The lowest BCUT2D eigenvalue weighted by atomic mass is 10.0. The molecule has 13 heavy (non-hydrogen) atoms. The van der Waals surface area contributed by atoms with Crippen LogP contribution in [0.2, 0.25) is 0 Å². The van der Waals surface area contributed by atoms with Gasteiger partial charge in [0.2, 0.25) is 5.60 Å². The first-order valence-electron chi connectivity index (χ1n) is 3.71. The highest BCUT2D eigenvalue weighted by Crippen LogP contribution is 2.26. The van der Waals surface area contributed by atoms with E-state index in [0.29, 0.717) is 5.69 Å². The normalized spacial score (nSPS) is 15.3. The van der Waals surface area contributed by atoms with E-state index in [0.717, 1.165) is 0 Å². The van der Waals surface area contributed by atoms with E-state index in [1.54, 1.807) is 6.92 Å². The molecule has 0 aliphatic heterocycles. The summed E-state index contributed by atoms with van der Waals surface area (Å²) in [5, 5.41) is 8.92. The van der Waals surface area contributed by atoms with Gasteiger partial charge >= 0.3 is 5.97 Å². The second kappa shape index (κ2) is 3.18. The van der Waals surface area contributed by atoms with Gasteiger partial charge in [0.25, 0.3) is 0 Å². The van der Waals surface area contributed by atoms with Crippen LogP contribution in [0.25, 0.3) is 0 Å². The molecule has 1 unspecified atom stereocenters. The van der Waals surface area contributed by atoms with E-state index in [1.807, 2.05) is 0 Å². The molecule has 1 rings (SSSR count). The molecule has 0 fully saturated rings. The molecule has 0 aliphatic carbocycles. The summed E-state index contributed by atoms with van der Waals surface area (Å²) in [6.07, 6.45) is 1.20. The molecule has 1 heterocycles. The molecule has 5 heteroatoms. The molecule has 1 aromatic rings. The van der Waals surface area contributed by atoms with Crippen molar-refractivity contribution in [3.63, 3.8) is 0 Å². The number of methoxy groups -OCH3 is 1. The highest BCUT2D eigenvalue weighted by Gasteiger charge is 2.40. The van der Waals surface area contributed by atoms with Crippen molar-refractivity contribution >= 4 is 5.97 Å². The number of nitrogens with zero attached hydrogens (tertiary/aromatic N) is 1. The first-order chi connectivity index (χ1) is 6.02. The third-order valence-corrected chi connectivity index (χ3v) is 2.00. The Bertz CT molecular complexity index is 320. The SMILES string of the molecule is COC(C)(C(=O)O)c1ocnc1C. The van der Waals surface area contributed by atoms with Crippen molar-refractivity contribution in [2.24, 2.45) is 0 Å². The summed E-state index contributed by atoms with van der Waals surface area (Å²) in [7, 11) is 1.32. The lowest BCUT2D eigenvalue weighted by Crippen LogP contribution is -2.34. The van der Waals surface area contributed by atoms with Gasteiger partial charge in [-0.2, -0.15) is 0 Å². The topological polar surface area (TPSA) is 72.6 Å². The van der Waals surface area contributed by atoms with Gasteiger partial charge in [-0.3, -0.25) is 0 Å². The first kappa shape index (κ1) is 9.73. The van der Waals surface area contributed by atoms with Gasteiger partial charge in [0.05, 0.1) is 5.69 Å². The summed E-state index contributed by atoms with van der Waals surface area (Å²) in [6, 6.07) is 0. The third kappa shape index (κ3) is 1.42. The maximum absolute atomic E-state index is 10.9. The Morgan fingerprint density at radius 3 is 2.69 bits per heavy atom. The van der Waals surface area contributed by atoms with Crippen molar-refractivity contribution < 1.29 is 19.1 Å². The quantitative estimate of drug-likeness (QED) is 0.758. The number of aromatic nitrogens is 1. The van der Waals surface area contributed by atoms with Crippen LogP contribution < -0.4 is 0 Å². The predicted octanol–water partition coefficient (Wildman–Crippen LogP) is 0.929. The fourth-order valence-electron chi connectivity index (χ4n) is 1.04. The van der Waals surface area contributed by atoms with E-state index >= 15 is 0 Å². The van der Waals surface area contributed by atoms with Crippen molar-refractivity contribution in [3.05, 3.63) is 17.8 Å². The van der Waals surface area contributed by atoms with Crippen LogP contribution >= 0.6 is 0 Å². The summed E-state index contributed by atoms with van der Waals surface area (Å²) in [5.41, 5.74) is -0.938. The van der Waals surface area contributed by atoms with E-state index in [-0.39, 0.29) is 5.76 Å². The predicted molar refractivity (Wildman–Crippen MR) is 43.2 cm³/mol. The van der Waals surface area contributed by atoms with Crippen LogP contribution in [-0.4, -0.2) is 23.2 Å². The number of carboxylic acid groups (broad SMARTS) is 1. The molecule has 0 aliphatic rings. The number of carbonyl (C=O) groups is 1. The summed E-state index contributed by atoms with van der Waals surface area (Å²) >= 11 is 0. The van der Waals surface area contributed by atoms with Crippen LogP contribution in [-0.2, 0) is 15.1 Å². The van der Waals surface area contributed by atoms with E-state index in [2.05, 4.69) is 4.98 Å². The number of hydrogen-bond acceptors (Lipinski definition) is 4. The van der Waals surface area contributed by atoms with E-state index in [4.69, 9.17) is 14.3 Å². The van der Waals surface area contributed by atoms with Crippen molar-refractivity contribution in [1.29, 1.82) is 0 Å². The van der Waals surface area contributed by atoms with Crippen LogP contribution in [0, 0.1) is 6.92 Å². The molecule has 5 nitrogen and oxygen atoms in total. The molecular weight excluding hydrogens is 174 g/mol. The standard InChI is InChI=1S/C8H11NO4/c1-5-6(13-4-9-5)8(2,12-3)7(10)11/h4H,1-3H3,(H,10,11). The highest BCUT2D eigenvalue weighted by atomic mass is 16.5. The van der Waals surface area contributed by atoms with Gasteiger partial charge in [-0.25, -0.2) is 9.78 Å². The van der Waals surface area contributed by atoms with Crippen LogP contribution in [0.4, 0.5) is 0 Å². The van der Waals surface area contributed by atoms with Gasteiger partial charge in [0.1, 0.15) is 0 Å². The monoisotopic (exact) mass is 185 g/mol. The van der Waals surface area contributed by atoms with Gasteiger partial charge in [0, 0.05) is 7.11 Å². The summed E-state index contributed by atoms with van der Waals surface area (Å²) in [4.78, 5) is 14.7. The Balaban J connectivity index is 3.17.